The first-order chi connectivity index (χ1) is 6.74. The molecule has 1 fully saturated rings. The molecule has 0 saturated carbocycles. The predicted molar refractivity (Wildman–Crippen MR) is 62.6 cm³/mol. The Balaban J connectivity index is 2.18. The van der Waals surface area contributed by atoms with Gasteiger partial charge in [-0.3, -0.25) is 4.90 Å². The van der Waals surface area contributed by atoms with Gasteiger partial charge in [0, 0.05) is 31.7 Å². The van der Waals surface area contributed by atoms with Gasteiger partial charge in [0.25, 0.3) is 0 Å². The van der Waals surface area contributed by atoms with Crippen molar-refractivity contribution in [3.63, 3.8) is 0 Å². The standard InChI is InChI=1S/C12H26N2/c1-4-5-6-7-12(3)14-9-8-13-11(2)10-14/h11-13H,4-10H2,1-3H3. The zero-order valence-electron chi connectivity index (χ0n) is 10.1. The molecule has 0 radical (unpaired) electrons. The molecule has 1 N–H and O–H groups in total. The molecule has 1 aliphatic rings. The Morgan fingerprint density at radius 2 is 2.21 bits per heavy atom. The lowest BCUT2D eigenvalue weighted by molar-refractivity contribution is 0.149. The Morgan fingerprint density at radius 3 is 2.86 bits per heavy atom. The van der Waals surface area contributed by atoms with Crippen LogP contribution in [0.2, 0.25) is 0 Å². The number of nitrogens with one attached hydrogen (secondary N) is 1. The molecule has 1 rings (SSSR count). The highest BCUT2D eigenvalue weighted by molar-refractivity contribution is 4.78. The van der Waals surface area contributed by atoms with Crippen LogP contribution in [0.15, 0.2) is 0 Å². The van der Waals surface area contributed by atoms with Crippen LogP contribution in [0.1, 0.15) is 46.5 Å². The molecule has 0 aromatic rings. The number of unbranched alkanes of at least 4 members (excludes halogenated alkanes) is 2. The molecule has 1 heterocycles. The van der Waals surface area contributed by atoms with E-state index in [0.717, 1.165) is 6.04 Å². The number of hydrogen-bond acceptors (Lipinski definition) is 2. The van der Waals surface area contributed by atoms with Crippen LogP contribution < -0.4 is 5.32 Å². The maximum absolute atomic E-state index is 3.49. The molecule has 0 aliphatic carbocycles. The van der Waals surface area contributed by atoms with Crippen molar-refractivity contribution in [1.29, 1.82) is 0 Å². The largest absolute Gasteiger partial charge is 0.312 e. The van der Waals surface area contributed by atoms with Gasteiger partial charge in [-0.1, -0.05) is 26.2 Å². The van der Waals surface area contributed by atoms with Crippen LogP contribution >= 0.6 is 0 Å². The molecule has 2 nitrogen and oxygen atoms in total. The summed E-state index contributed by atoms with van der Waals surface area (Å²) in [5, 5.41) is 3.49. The third-order valence-corrected chi connectivity index (χ3v) is 3.25. The lowest BCUT2D eigenvalue weighted by Crippen LogP contribution is -2.52. The van der Waals surface area contributed by atoms with Gasteiger partial charge < -0.3 is 5.32 Å². The number of piperazine rings is 1. The van der Waals surface area contributed by atoms with Crippen LogP contribution in [0.5, 0.6) is 0 Å². The molecule has 14 heavy (non-hydrogen) atoms. The summed E-state index contributed by atoms with van der Waals surface area (Å²) in [6.45, 7) is 10.6. The van der Waals surface area contributed by atoms with E-state index in [0.29, 0.717) is 6.04 Å². The quantitative estimate of drug-likeness (QED) is 0.682. The second kappa shape index (κ2) is 6.41. The fraction of sp³-hybridized carbons (Fsp3) is 1.00. The number of nitrogens with zero attached hydrogens (tertiary/aromatic N) is 1. The van der Waals surface area contributed by atoms with E-state index in [1.54, 1.807) is 0 Å². The molecule has 0 aromatic carbocycles. The van der Waals surface area contributed by atoms with Gasteiger partial charge >= 0.3 is 0 Å². The lowest BCUT2D eigenvalue weighted by atomic mass is 10.1. The first kappa shape index (κ1) is 12.0. The Labute approximate surface area is 89.1 Å². The summed E-state index contributed by atoms with van der Waals surface area (Å²) in [5.74, 6) is 0. The van der Waals surface area contributed by atoms with Gasteiger partial charge in [0.1, 0.15) is 0 Å². The number of hydrogen-bond donors (Lipinski definition) is 1. The topological polar surface area (TPSA) is 15.3 Å². The molecule has 84 valence electrons. The second-order valence-corrected chi connectivity index (χ2v) is 4.69. The lowest BCUT2D eigenvalue weighted by Gasteiger charge is -2.36. The van der Waals surface area contributed by atoms with Gasteiger partial charge in [-0.05, 0) is 20.3 Å². The van der Waals surface area contributed by atoms with E-state index in [1.807, 2.05) is 0 Å². The molecule has 0 amide bonds. The molecule has 1 aliphatic heterocycles. The van der Waals surface area contributed by atoms with Crippen LogP contribution in [-0.4, -0.2) is 36.6 Å². The summed E-state index contributed by atoms with van der Waals surface area (Å²) in [5.41, 5.74) is 0. The van der Waals surface area contributed by atoms with Crippen LogP contribution in [0, 0.1) is 0 Å². The maximum atomic E-state index is 3.49. The Kier molecular flexibility index (Phi) is 5.49. The normalized spacial score (nSPS) is 26.4. The minimum absolute atomic E-state index is 0.678. The predicted octanol–water partition coefficient (Wildman–Crippen LogP) is 2.25. The van der Waals surface area contributed by atoms with Gasteiger partial charge in [-0.15, -0.1) is 0 Å². The molecule has 0 aromatic heterocycles. The van der Waals surface area contributed by atoms with Crippen molar-refractivity contribution < 1.29 is 0 Å². The van der Waals surface area contributed by atoms with E-state index < -0.39 is 0 Å². The Morgan fingerprint density at radius 1 is 1.43 bits per heavy atom. The third kappa shape index (κ3) is 3.97. The van der Waals surface area contributed by atoms with Gasteiger partial charge in [0.15, 0.2) is 0 Å². The molecule has 0 bridgehead atoms. The van der Waals surface area contributed by atoms with E-state index in [2.05, 4.69) is 31.0 Å². The summed E-state index contributed by atoms with van der Waals surface area (Å²) in [6, 6.07) is 1.46. The van der Waals surface area contributed by atoms with Crippen LogP contribution in [-0.2, 0) is 0 Å². The zero-order valence-corrected chi connectivity index (χ0v) is 10.1. The Hall–Kier alpha value is -0.0800. The highest BCUT2D eigenvalue weighted by Crippen LogP contribution is 2.11. The van der Waals surface area contributed by atoms with Gasteiger partial charge in [0.05, 0.1) is 0 Å². The van der Waals surface area contributed by atoms with Crippen molar-refractivity contribution in [2.45, 2.75) is 58.5 Å². The summed E-state index contributed by atoms with van der Waals surface area (Å²) < 4.78 is 0. The average molecular weight is 198 g/mol. The molecule has 2 heteroatoms. The Bertz CT molecular complexity index is 147. The smallest absolute Gasteiger partial charge is 0.0167 e. The van der Waals surface area contributed by atoms with Crippen molar-refractivity contribution in [2.24, 2.45) is 0 Å². The van der Waals surface area contributed by atoms with Crippen molar-refractivity contribution in [2.75, 3.05) is 19.6 Å². The van der Waals surface area contributed by atoms with Crippen LogP contribution in [0.4, 0.5) is 0 Å². The van der Waals surface area contributed by atoms with E-state index in [4.69, 9.17) is 0 Å². The molecular formula is C12H26N2. The van der Waals surface area contributed by atoms with Crippen molar-refractivity contribution in [3.05, 3.63) is 0 Å². The molecule has 2 unspecified atom stereocenters. The highest BCUT2D eigenvalue weighted by atomic mass is 15.2. The summed E-state index contributed by atoms with van der Waals surface area (Å²) >= 11 is 0. The minimum atomic E-state index is 0.678. The van der Waals surface area contributed by atoms with Crippen LogP contribution in [0.25, 0.3) is 0 Å². The average Bonchev–Trinajstić information content (AvgIpc) is 2.18. The van der Waals surface area contributed by atoms with Crippen molar-refractivity contribution in [1.82, 2.24) is 10.2 Å². The van der Waals surface area contributed by atoms with Gasteiger partial charge in [0.2, 0.25) is 0 Å². The fourth-order valence-corrected chi connectivity index (χ4v) is 2.23. The first-order valence-electron chi connectivity index (χ1n) is 6.21. The van der Waals surface area contributed by atoms with E-state index in [1.165, 1.54) is 45.3 Å². The van der Waals surface area contributed by atoms with Gasteiger partial charge in [-0.25, -0.2) is 0 Å². The summed E-state index contributed by atoms with van der Waals surface area (Å²) in [6.07, 6.45) is 5.51. The van der Waals surface area contributed by atoms with E-state index in [9.17, 15) is 0 Å². The molecule has 0 spiro atoms. The zero-order chi connectivity index (χ0) is 10.4. The van der Waals surface area contributed by atoms with E-state index in [-0.39, 0.29) is 0 Å². The number of rotatable bonds is 5. The summed E-state index contributed by atoms with van der Waals surface area (Å²) in [7, 11) is 0. The third-order valence-electron chi connectivity index (χ3n) is 3.25. The molecule has 1 saturated heterocycles. The highest BCUT2D eigenvalue weighted by Gasteiger charge is 2.19. The summed E-state index contributed by atoms with van der Waals surface area (Å²) in [4.78, 5) is 2.64. The monoisotopic (exact) mass is 198 g/mol. The van der Waals surface area contributed by atoms with E-state index >= 15 is 0 Å². The van der Waals surface area contributed by atoms with Crippen molar-refractivity contribution >= 4 is 0 Å². The van der Waals surface area contributed by atoms with Crippen LogP contribution in [0.3, 0.4) is 0 Å². The molecular weight excluding hydrogens is 172 g/mol. The second-order valence-electron chi connectivity index (χ2n) is 4.69. The first-order valence-corrected chi connectivity index (χ1v) is 6.21. The maximum Gasteiger partial charge on any atom is 0.0167 e. The fourth-order valence-electron chi connectivity index (χ4n) is 2.23. The minimum Gasteiger partial charge on any atom is -0.312 e. The van der Waals surface area contributed by atoms with Crippen molar-refractivity contribution in [3.8, 4) is 0 Å². The molecule has 2 atom stereocenters. The SMILES string of the molecule is CCCCCC(C)N1CCNC(C)C1. The van der Waals surface area contributed by atoms with Gasteiger partial charge in [-0.2, -0.15) is 0 Å².